The van der Waals surface area contributed by atoms with E-state index < -0.39 is 6.09 Å². The average molecular weight is 235 g/mol. The highest BCUT2D eigenvalue weighted by Gasteiger charge is 1.85. The van der Waals surface area contributed by atoms with Gasteiger partial charge in [-0.3, -0.25) is 9.59 Å². The van der Waals surface area contributed by atoms with Crippen LogP contribution in [0.2, 0.25) is 0 Å². The predicted molar refractivity (Wildman–Crippen MR) is 60.9 cm³/mol. The van der Waals surface area contributed by atoms with Crippen LogP contribution in [0, 0.1) is 0 Å². The minimum absolute atomic E-state index is 0.00463. The zero-order chi connectivity index (χ0) is 13.6. The van der Waals surface area contributed by atoms with Gasteiger partial charge in [0.15, 0.2) is 0 Å². The summed E-state index contributed by atoms with van der Waals surface area (Å²) in [7, 11) is 6.02. The van der Waals surface area contributed by atoms with E-state index in [4.69, 9.17) is 0 Å². The maximum absolute atomic E-state index is 9.85. The van der Waals surface area contributed by atoms with Crippen molar-refractivity contribution in [3.63, 3.8) is 0 Å². The molecule has 0 fully saturated rings. The predicted octanol–water partition coefficient (Wildman–Crippen LogP) is -0.523. The van der Waals surface area contributed by atoms with Crippen molar-refractivity contribution < 1.29 is 19.1 Å². The van der Waals surface area contributed by atoms with Crippen molar-refractivity contribution in [1.29, 1.82) is 0 Å². The van der Waals surface area contributed by atoms with E-state index in [-0.39, 0.29) is 11.8 Å². The quantitative estimate of drug-likeness (QED) is 0.526. The van der Waals surface area contributed by atoms with E-state index in [0.717, 1.165) is 0 Å². The number of rotatable bonds is 0. The largest absolute Gasteiger partial charge is 0.453 e. The van der Waals surface area contributed by atoms with Crippen LogP contribution in [0.25, 0.3) is 0 Å². The van der Waals surface area contributed by atoms with Crippen molar-refractivity contribution in [2.24, 2.45) is 0 Å². The molecule has 7 heteroatoms. The zero-order valence-electron chi connectivity index (χ0n) is 10.6. The fraction of sp³-hybridized carbons (Fsp3) is 0.667. The fourth-order valence-corrected chi connectivity index (χ4v) is 0.102. The number of nitrogens with one attached hydrogen (secondary N) is 3. The molecule has 0 aliphatic carbocycles. The molecule has 0 bridgehead atoms. The molecule has 0 atom stereocenters. The lowest BCUT2D eigenvalue weighted by Crippen LogP contribution is -2.16. The Hall–Kier alpha value is -1.79. The Labute approximate surface area is 95.9 Å². The molecule has 0 spiro atoms. The van der Waals surface area contributed by atoms with E-state index in [1.807, 2.05) is 0 Å². The highest BCUT2D eigenvalue weighted by atomic mass is 16.5. The number of carbonyl (C=O) groups excluding carboxylic acids is 3. The van der Waals surface area contributed by atoms with Crippen LogP contribution in [0.4, 0.5) is 4.79 Å². The third-order valence-electron chi connectivity index (χ3n) is 1.09. The lowest BCUT2D eigenvalue weighted by molar-refractivity contribution is -0.119. The minimum Gasteiger partial charge on any atom is -0.453 e. The highest BCUT2D eigenvalue weighted by molar-refractivity contribution is 5.72. The molecule has 7 nitrogen and oxygen atoms in total. The van der Waals surface area contributed by atoms with E-state index in [1.165, 1.54) is 28.0 Å². The van der Waals surface area contributed by atoms with Crippen LogP contribution in [0.1, 0.15) is 13.8 Å². The Morgan fingerprint density at radius 3 is 1.06 bits per heavy atom. The maximum Gasteiger partial charge on any atom is 0.406 e. The molecule has 0 saturated heterocycles. The summed E-state index contributed by atoms with van der Waals surface area (Å²) < 4.78 is 4.15. The van der Waals surface area contributed by atoms with Crippen molar-refractivity contribution in [1.82, 2.24) is 16.0 Å². The second kappa shape index (κ2) is 15.7. The standard InChI is InChI=1S/C3H7NO2.2C3H7NO/c1-4-3(5)6-2;2*1-3(5)4-2/h1-2H3,(H,4,5);2*1-2H3,(H,4,5). The van der Waals surface area contributed by atoms with Crippen LogP contribution >= 0.6 is 0 Å². The summed E-state index contributed by atoms with van der Waals surface area (Å²) in [5, 5.41) is 7.03. The molecule has 96 valence electrons. The van der Waals surface area contributed by atoms with Crippen LogP contribution in [-0.2, 0) is 14.3 Å². The Morgan fingerprint density at radius 2 is 1.06 bits per heavy atom. The summed E-state index contributed by atoms with van der Waals surface area (Å²) in [5.41, 5.74) is 0. The molecule has 0 rings (SSSR count). The van der Waals surface area contributed by atoms with E-state index in [9.17, 15) is 14.4 Å². The van der Waals surface area contributed by atoms with Gasteiger partial charge in [0.1, 0.15) is 0 Å². The van der Waals surface area contributed by atoms with Crippen molar-refractivity contribution in [2.75, 3.05) is 28.3 Å². The van der Waals surface area contributed by atoms with Gasteiger partial charge >= 0.3 is 6.09 Å². The second-order valence-electron chi connectivity index (χ2n) is 2.35. The van der Waals surface area contributed by atoms with Gasteiger partial charge in [-0.15, -0.1) is 0 Å². The van der Waals surface area contributed by atoms with Crippen molar-refractivity contribution in [2.45, 2.75) is 13.8 Å². The number of ether oxygens (including phenoxy) is 1. The minimum atomic E-state index is -0.407. The Balaban J connectivity index is -0.000000160. The van der Waals surface area contributed by atoms with Gasteiger partial charge in [0, 0.05) is 35.0 Å². The first kappa shape index (κ1) is 19.7. The fourth-order valence-electron chi connectivity index (χ4n) is 0.102. The summed E-state index contributed by atoms with van der Waals surface area (Å²) in [4.78, 5) is 29.2. The molecule has 0 aromatic carbocycles. The van der Waals surface area contributed by atoms with E-state index >= 15 is 0 Å². The summed E-state index contributed by atoms with van der Waals surface area (Å²) >= 11 is 0. The first-order chi connectivity index (χ1) is 7.35. The van der Waals surface area contributed by atoms with Gasteiger partial charge in [0.2, 0.25) is 11.8 Å². The van der Waals surface area contributed by atoms with Gasteiger partial charge in [-0.2, -0.15) is 0 Å². The van der Waals surface area contributed by atoms with Crippen molar-refractivity contribution in [3.05, 3.63) is 0 Å². The van der Waals surface area contributed by atoms with Crippen molar-refractivity contribution >= 4 is 17.9 Å². The van der Waals surface area contributed by atoms with Crippen LogP contribution in [0.3, 0.4) is 0 Å². The lowest BCUT2D eigenvalue weighted by Gasteiger charge is -1.90. The molecule has 0 aromatic rings. The number of hydrogen-bond donors (Lipinski definition) is 3. The average Bonchev–Trinajstić information content (AvgIpc) is 2.29. The van der Waals surface area contributed by atoms with Gasteiger partial charge in [-0.25, -0.2) is 4.79 Å². The van der Waals surface area contributed by atoms with Gasteiger partial charge in [-0.05, 0) is 0 Å². The highest BCUT2D eigenvalue weighted by Crippen LogP contribution is 1.62. The summed E-state index contributed by atoms with van der Waals surface area (Å²) in [6.45, 7) is 2.94. The van der Waals surface area contributed by atoms with Gasteiger partial charge in [0.05, 0.1) is 7.11 Å². The number of alkyl carbamates (subject to hydrolysis) is 1. The molecule has 0 saturated carbocycles. The molecule has 0 aromatic heterocycles. The van der Waals surface area contributed by atoms with Gasteiger partial charge in [-0.1, -0.05) is 0 Å². The molecule has 0 aliphatic heterocycles. The molecule has 0 aliphatic rings. The Bertz CT molecular complexity index is 187. The Kier molecular flexibility index (Phi) is 19.3. The second-order valence-corrected chi connectivity index (χ2v) is 2.35. The topological polar surface area (TPSA) is 96.5 Å². The zero-order valence-corrected chi connectivity index (χ0v) is 10.6. The smallest absolute Gasteiger partial charge is 0.406 e. The molecule has 16 heavy (non-hydrogen) atoms. The van der Waals surface area contributed by atoms with E-state index in [2.05, 4.69) is 20.7 Å². The molecule has 3 amide bonds. The summed E-state index contributed by atoms with van der Waals surface area (Å²) in [5.74, 6) is 0.00926. The van der Waals surface area contributed by atoms with Gasteiger partial charge < -0.3 is 20.7 Å². The lowest BCUT2D eigenvalue weighted by atomic mass is 10.7. The van der Waals surface area contributed by atoms with Gasteiger partial charge in [0.25, 0.3) is 0 Å². The number of amides is 3. The maximum atomic E-state index is 9.85. The molecular weight excluding hydrogens is 214 g/mol. The van der Waals surface area contributed by atoms with E-state index in [0.29, 0.717) is 0 Å². The summed E-state index contributed by atoms with van der Waals surface area (Å²) in [6.07, 6.45) is -0.407. The van der Waals surface area contributed by atoms with Crippen LogP contribution in [0.15, 0.2) is 0 Å². The SMILES string of the molecule is CNC(=O)OC.CNC(C)=O.CNC(C)=O. The molecule has 3 N–H and O–H groups in total. The third kappa shape index (κ3) is 39.8. The van der Waals surface area contributed by atoms with Crippen LogP contribution < -0.4 is 16.0 Å². The first-order valence-corrected chi connectivity index (χ1v) is 4.47. The molecular formula is C9H21N3O4. The van der Waals surface area contributed by atoms with E-state index in [1.54, 1.807) is 14.1 Å². The van der Waals surface area contributed by atoms with Crippen LogP contribution in [0.5, 0.6) is 0 Å². The third-order valence-corrected chi connectivity index (χ3v) is 1.09. The Morgan fingerprint density at radius 1 is 0.812 bits per heavy atom. The number of methoxy groups -OCH3 is 1. The molecule has 0 heterocycles. The molecule has 0 unspecified atom stereocenters. The molecule has 0 radical (unpaired) electrons. The van der Waals surface area contributed by atoms with Crippen LogP contribution in [-0.4, -0.2) is 46.2 Å². The number of carbonyl (C=O) groups is 3. The number of hydrogen-bond acceptors (Lipinski definition) is 4. The first-order valence-electron chi connectivity index (χ1n) is 4.47. The van der Waals surface area contributed by atoms with Crippen molar-refractivity contribution in [3.8, 4) is 0 Å². The normalized spacial score (nSPS) is 6.88. The monoisotopic (exact) mass is 235 g/mol. The summed E-state index contributed by atoms with van der Waals surface area (Å²) in [6, 6.07) is 0.